The molecule has 2 heterocycles. The Morgan fingerprint density at radius 3 is 2.69 bits per heavy atom. The highest BCUT2D eigenvalue weighted by molar-refractivity contribution is 5.79. The zero-order valence-electron chi connectivity index (χ0n) is 19.7. The predicted molar refractivity (Wildman–Crippen MR) is 120 cm³/mol. The molecule has 3 rings (SSSR count). The molecule has 0 bridgehead atoms. The normalized spacial score (nSPS) is 20.1. The van der Waals surface area contributed by atoms with Gasteiger partial charge in [0.05, 0.1) is 31.7 Å². The summed E-state index contributed by atoms with van der Waals surface area (Å²) in [5.41, 5.74) is 0.737. The molecule has 1 saturated carbocycles. The van der Waals surface area contributed by atoms with Crippen molar-refractivity contribution in [1.29, 1.82) is 0 Å². The molecule has 9 nitrogen and oxygen atoms in total. The monoisotopic (exact) mass is 449 g/mol. The molecule has 1 aromatic heterocycles. The van der Waals surface area contributed by atoms with Gasteiger partial charge in [-0.05, 0) is 17.8 Å². The van der Waals surface area contributed by atoms with Gasteiger partial charge in [0.25, 0.3) is 0 Å². The highest BCUT2D eigenvalue weighted by Gasteiger charge is 2.34. The highest BCUT2D eigenvalue weighted by atomic mass is 16.5. The first-order valence-corrected chi connectivity index (χ1v) is 11.8. The number of nitrogens with one attached hydrogen (secondary N) is 2. The van der Waals surface area contributed by atoms with Crippen LogP contribution in [0.15, 0.2) is 6.20 Å². The first-order valence-electron chi connectivity index (χ1n) is 11.8. The van der Waals surface area contributed by atoms with Gasteiger partial charge in [-0.15, -0.1) is 0 Å². The van der Waals surface area contributed by atoms with Crippen molar-refractivity contribution >= 4 is 12.3 Å². The number of aromatic amines is 1. The van der Waals surface area contributed by atoms with Gasteiger partial charge in [-0.25, -0.2) is 10.0 Å². The van der Waals surface area contributed by atoms with Gasteiger partial charge in [0.1, 0.15) is 5.82 Å². The third-order valence-electron chi connectivity index (χ3n) is 6.56. The Kier molecular flexibility index (Phi) is 8.67. The third-order valence-corrected chi connectivity index (χ3v) is 6.56. The SMILES string of the molecule is CC(C)(C)[C@H](NC(=O)[C@H](CC1CCCC1)CN(O)C=O)c1ncc(CN2CCOCC2)[nH]1. The standard InChI is InChI=1S/C23H39N5O4/c1-23(2,3)20(21-24-13-19(25-21)15-27-8-10-32-11-9-27)26-22(30)18(14-28(31)16-29)12-17-6-4-5-7-17/h13,16-18,20,31H,4-12,14-15H2,1-3H3,(H,24,25)(H,26,30)/t18-,20-/m1/s1. The van der Waals surface area contributed by atoms with Gasteiger partial charge < -0.3 is 15.0 Å². The van der Waals surface area contributed by atoms with Crippen molar-refractivity contribution in [2.24, 2.45) is 17.3 Å². The van der Waals surface area contributed by atoms with E-state index in [9.17, 15) is 14.8 Å². The van der Waals surface area contributed by atoms with Crippen LogP contribution in [0.2, 0.25) is 0 Å². The van der Waals surface area contributed by atoms with Crippen molar-refractivity contribution in [2.75, 3.05) is 32.8 Å². The molecule has 1 saturated heterocycles. The lowest BCUT2D eigenvalue weighted by molar-refractivity contribution is -0.155. The molecule has 1 aromatic rings. The van der Waals surface area contributed by atoms with Crippen molar-refractivity contribution in [3.05, 3.63) is 17.7 Å². The number of hydrogen-bond donors (Lipinski definition) is 3. The molecule has 2 atom stereocenters. The van der Waals surface area contributed by atoms with E-state index in [0.29, 0.717) is 23.8 Å². The van der Waals surface area contributed by atoms with Crippen molar-refractivity contribution in [3.8, 4) is 0 Å². The summed E-state index contributed by atoms with van der Waals surface area (Å²) in [5.74, 6) is 0.581. The van der Waals surface area contributed by atoms with Crippen LogP contribution in [0.5, 0.6) is 0 Å². The quantitative estimate of drug-likeness (QED) is 0.288. The Morgan fingerprint density at radius 1 is 1.38 bits per heavy atom. The van der Waals surface area contributed by atoms with Crippen LogP contribution in [0, 0.1) is 17.3 Å². The number of hydrogen-bond acceptors (Lipinski definition) is 6. The first-order chi connectivity index (χ1) is 15.3. The predicted octanol–water partition coefficient (Wildman–Crippen LogP) is 2.49. The largest absolute Gasteiger partial charge is 0.379 e. The number of amides is 2. The number of morpholine rings is 1. The van der Waals surface area contributed by atoms with Crippen LogP contribution < -0.4 is 5.32 Å². The molecule has 9 heteroatoms. The molecular formula is C23H39N5O4. The van der Waals surface area contributed by atoms with Gasteiger partial charge in [-0.2, -0.15) is 0 Å². The van der Waals surface area contributed by atoms with E-state index < -0.39 is 5.92 Å². The van der Waals surface area contributed by atoms with E-state index in [1.165, 1.54) is 12.8 Å². The fourth-order valence-electron chi connectivity index (χ4n) is 4.74. The van der Waals surface area contributed by atoms with E-state index in [1.807, 2.05) is 6.20 Å². The molecule has 1 aliphatic carbocycles. The number of H-pyrrole nitrogens is 1. The van der Waals surface area contributed by atoms with Gasteiger partial charge in [-0.3, -0.25) is 19.7 Å². The number of aromatic nitrogens is 2. The summed E-state index contributed by atoms with van der Waals surface area (Å²) in [6.45, 7) is 10.2. The maximum Gasteiger partial charge on any atom is 0.233 e. The fourth-order valence-corrected chi connectivity index (χ4v) is 4.74. The molecule has 0 spiro atoms. The zero-order valence-corrected chi connectivity index (χ0v) is 19.7. The molecule has 32 heavy (non-hydrogen) atoms. The van der Waals surface area contributed by atoms with Crippen molar-refractivity contribution in [3.63, 3.8) is 0 Å². The van der Waals surface area contributed by atoms with Crippen LogP contribution in [0.25, 0.3) is 0 Å². The summed E-state index contributed by atoms with van der Waals surface area (Å²) in [7, 11) is 0. The molecular weight excluding hydrogens is 410 g/mol. The van der Waals surface area contributed by atoms with E-state index in [-0.39, 0.29) is 23.9 Å². The topological polar surface area (TPSA) is 111 Å². The fraction of sp³-hybridized carbons (Fsp3) is 0.783. The molecule has 2 fully saturated rings. The molecule has 1 aliphatic heterocycles. The van der Waals surface area contributed by atoms with Crippen LogP contribution in [0.4, 0.5) is 0 Å². The number of imidazole rings is 1. The number of carbonyl (C=O) groups is 2. The average Bonchev–Trinajstić information content (AvgIpc) is 3.43. The summed E-state index contributed by atoms with van der Waals surface area (Å²) < 4.78 is 5.42. The summed E-state index contributed by atoms with van der Waals surface area (Å²) in [6, 6.07) is -0.317. The molecule has 0 unspecified atom stereocenters. The summed E-state index contributed by atoms with van der Waals surface area (Å²) >= 11 is 0. The minimum Gasteiger partial charge on any atom is -0.379 e. The second kappa shape index (κ2) is 11.2. The van der Waals surface area contributed by atoms with Crippen LogP contribution >= 0.6 is 0 Å². The minimum atomic E-state index is -0.457. The lowest BCUT2D eigenvalue weighted by Gasteiger charge is -2.32. The lowest BCUT2D eigenvalue weighted by Crippen LogP contribution is -2.43. The molecule has 0 radical (unpaired) electrons. The Balaban J connectivity index is 1.70. The minimum absolute atomic E-state index is 0.00311. The molecule has 0 aromatic carbocycles. The lowest BCUT2D eigenvalue weighted by atomic mass is 9.85. The maximum absolute atomic E-state index is 13.3. The Morgan fingerprint density at radius 2 is 2.06 bits per heavy atom. The van der Waals surface area contributed by atoms with Crippen molar-refractivity contribution < 1.29 is 19.5 Å². The maximum atomic E-state index is 13.3. The van der Waals surface area contributed by atoms with Crippen molar-refractivity contribution in [2.45, 2.75) is 65.5 Å². The van der Waals surface area contributed by atoms with Crippen LogP contribution in [0.3, 0.4) is 0 Å². The number of rotatable bonds is 10. The molecule has 2 aliphatic rings. The van der Waals surface area contributed by atoms with Crippen LogP contribution in [-0.4, -0.2) is 70.3 Å². The van der Waals surface area contributed by atoms with Gasteiger partial charge in [0.2, 0.25) is 12.3 Å². The number of ether oxygens (including phenoxy) is 1. The highest BCUT2D eigenvalue weighted by Crippen LogP contribution is 2.34. The van der Waals surface area contributed by atoms with E-state index in [1.54, 1.807) is 0 Å². The van der Waals surface area contributed by atoms with Gasteiger partial charge in [0.15, 0.2) is 0 Å². The Hall–Kier alpha value is -1.97. The summed E-state index contributed by atoms with van der Waals surface area (Å²) in [6.07, 6.45) is 7.43. The first kappa shape index (κ1) is 24.7. The van der Waals surface area contributed by atoms with E-state index in [4.69, 9.17) is 4.74 Å². The van der Waals surface area contributed by atoms with E-state index in [2.05, 4.69) is 41.0 Å². The van der Waals surface area contributed by atoms with E-state index in [0.717, 1.165) is 57.2 Å². The Labute approximate surface area is 190 Å². The summed E-state index contributed by atoms with van der Waals surface area (Å²) in [5, 5.41) is 13.5. The summed E-state index contributed by atoms with van der Waals surface area (Å²) in [4.78, 5) is 34.6. The van der Waals surface area contributed by atoms with Gasteiger partial charge >= 0.3 is 0 Å². The van der Waals surface area contributed by atoms with Crippen molar-refractivity contribution in [1.82, 2.24) is 25.2 Å². The number of hydroxylamine groups is 2. The molecule has 180 valence electrons. The van der Waals surface area contributed by atoms with E-state index >= 15 is 0 Å². The second-order valence-corrected chi connectivity index (χ2v) is 10.3. The van der Waals surface area contributed by atoms with Gasteiger partial charge in [0, 0.05) is 31.5 Å². The molecule has 3 N–H and O–H groups in total. The molecule has 2 amide bonds. The second-order valence-electron chi connectivity index (χ2n) is 10.3. The van der Waals surface area contributed by atoms with Gasteiger partial charge in [-0.1, -0.05) is 46.5 Å². The van der Waals surface area contributed by atoms with Crippen LogP contribution in [-0.2, 0) is 20.9 Å². The third kappa shape index (κ3) is 7.02. The number of nitrogens with zero attached hydrogens (tertiary/aromatic N) is 3. The average molecular weight is 450 g/mol. The smallest absolute Gasteiger partial charge is 0.233 e. The Bertz CT molecular complexity index is 735. The number of carbonyl (C=O) groups excluding carboxylic acids is 2. The zero-order chi connectivity index (χ0) is 23.1. The van der Waals surface area contributed by atoms with Crippen LogP contribution in [0.1, 0.15) is 70.4 Å².